The van der Waals surface area contributed by atoms with Crippen LogP contribution < -0.4 is 4.90 Å². The number of rotatable bonds is 5. The Morgan fingerprint density at radius 3 is 2.79 bits per heavy atom. The molecule has 0 saturated carbocycles. The maximum Gasteiger partial charge on any atom is 0.360 e. The third-order valence-corrected chi connectivity index (χ3v) is 3.09. The van der Waals surface area contributed by atoms with Crippen LogP contribution in [0.2, 0.25) is 0 Å². The summed E-state index contributed by atoms with van der Waals surface area (Å²) in [6, 6.07) is 0.484. The zero-order valence-electron chi connectivity index (χ0n) is 11.4. The quantitative estimate of drug-likeness (QED) is 0.759. The van der Waals surface area contributed by atoms with Crippen LogP contribution in [0.15, 0.2) is 10.7 Å². The highest BCUT2D eigenvalue weighted by Crippen LogP contribution is 2.21. The van der Waals surface area contributed by atoms with Gasteiger partial charge in [-0.1, -0.05) is 0 Å². The molecule has 6 heteroatoms. The Morgan fingerprint density at radius 1 is 1.42 bits per heavy atom. The van der Waals surface area contributed by atoms with Crippen molar-refractivity contribution in [2.45, 2.75) is 32.8 Å². The van der Waals surface area contributed by atoms with Crippen LogP contribution >= 0.6 is 0 Å². The highest BCUT2D eigenvalue weighted by molar-refractivity contribution is 5.87. The minimum Gasteiger partial charge on any atom is -0.461 e. The molecule has 0 amide bonds. The van der Waals surface area contributed by atoms with Crippen molar-refractivity contribution in [1.82, 2.24) is 4.98 Å². The lowest BCUT2D eigenvalue weighted by Crippen LogP contribution is -2.37. The molecule has 0 spiro atoms. The Kier molecular flexibility index (Phi) is 4.79. The van der Waals surface area contributed by atoms with Crippen LogP contribution in [-0.2, 0) is 9.47 Å². The predicted molar refractivity (Wildman–Crippen MR) is 69.3 cm³/mol. The summed E-state index contributed by atoms with van der Waals surface area (Å²) < 4.78 is 15.8. The van der Waals surface area contributed by atoms with Gasteiger partial charge in [0.25, 0.3) is 6.01 Å². The van der Waals surface area contributed by atoms with E-state index in [1.807, 2.05) is 11.8 Å². The number of hydrogen-bond donors (Lipinski definition) is 0. The molecular formula is C13H20N2O4. The number of aromatic nitrogens is 1. The molecule has 0 N–H and O–H groups in total. The number of carbonyl (C=O) groups is 1. The molecule has 1 aromatic rings. The fourth-order valence-corrected chi connectivity index (χ4v) is 2.16. The van der Waals surface area contributed by atoms with Gasteiger partial charge in [0.15, 0.2) is 5.69 Å². The summed E-state index contributed by atoms with van der Waals surface area (Å²) in [5.41, 5.74) is 0.226. The van der Waals surface area contributed by atoms with Crippen molar-refractivity contribution in [2.24, 2.45) is 0 Å². The standard InChI is InChI=1S/C13H20N2O4/c1-3-17-10-5-7-15(8-6-10)13-14-11(9-19-13)12(16)18-4-2/h9-10H,3-8H2,1-2H3. The van der Waals surface area contributed by atoms with E-state index in [1.54, 1.807) is 6.92 Å². The first-order valence-corrected chi connectivity index (χ1v) is 6.73. The predicted octanol–water partition coefficient (Wildman–Crippen LogP) is 1.86. The van der Waals surface area contributed by atoms with Crippen LogP contribution in [0.4, 0.5) is 6.01 Å². The van der Waals surface area contributed by atoms with Crippen LogP contribution in [0.1, 0.15) is 37.2 Å². The van der Waals surface area contributed by atoms with Crippen molar-refractivity contribution in [3.8, 4) is 0 Å². The molecule has 1 aromatic heterocycles. The van der Waals surface area contributed by atoms with Crippen molar-refractivity contribution >= 4 is 12.0 Å². The van der Waals surface area contributed by atoms with Crippen LogP contribution in [0.5, 0.6) is 0 Å². The number of anilines is 1. The molecule has 0 atom stereocenters. The van der Waals surface area contributed by atoms with Crippen LogP contribution in [0.3, 0.4) is 0 Å². The third-order valence-electron chi connectivity index (χ3n) is 3.09. The second-order valence-corrected chi connectivity index (χ2v) is 4.38. The van der Waals surface area contributed by atoms with Gasteiger partial charge in [-0.05, 0) is 26.7 Å². The molecule has 6 nitrogen and oxygen atoms in total. The van der Waals surface area contributed by atoms with Crippen molar-refractivity contribution in [3.05, 3.63) is 12.0 Å². The topological polar surface area (TPSA) is 64.8 Å². The van der Waals surface area contributed by atoms with E-state index in [1.165, 1.54) is 6.26 Å². The zero-order valence-corrected chi connectivity index (χ0v) is 11.4. The molecule has 1 aliphatic rings. The molecule has 1 fully saturated rings. The average molecular weight is 268 g/mol. The van der Waals surface area contributed by atoms with Crippen LogP contribution in [0.25, 0.3) is 0 Å². The fourth-order valence-electron chi connectivity index (χ4n) is 2.16. The highest BCUT2D eigenvalue weighted by atomic mass is 16.5. The fraction of sp³-hybridized carbons (Fsp3) is 0.692. The summed E-state index contributed by atoms with van der Waals surface area (Å²) >= 11 is 0. The maximum absolute atomic E-state index is 11.5. The van der Waals surface area contributed by atoms with E-state index in [9.17, 15) is 4.79 Å². The van der Waals surface area contributed by atoms with Gasteiger partial charge < -0.3 is 18.8 Å². The summed E-state index contributed by atoms with van der Waals surface area (Å²) in [7, 11) is 0. The number of nitrogens with zero attached hydrogens (tertiary/aromatic N) is 2. The largest absolute Gasteiger partial charge is 0.461 e. The minimum atomic E-state index is -0.443. The molecule has 19 heavy (non-hydrogen) atoms. The molecule has 106 valence electrons. The van der Waals surface area contributed by atoms with Gasteiger partial charge in [0.2, 0.25) is 0 Å². The molecule has 2 heterocycles. The second-order valence-electron chi connectivity index (χ2n) is 4.38. The minimum absolute atomic E-state index is 0.226. The number of esters is 1. The first-order chi connectivity index (χ1) is 9.24. The van der Waals surface area contributed by atoms with E-state index >= 15 is 0 Å². The Morgan fingerprint density at radius 2 is 2.16 bits per heavy atom. The van der Waals surface area contributed by atoms with E-state index in [4.69, 9.17) is 13.9 Å². The Balaban J connectivity index is 1.91. The van der Waals surface area contributed by atoms with Gasteiger partial charge in [-0.25, -0.2) is 4.79 Å². The number of carbonyl (C=O) groups excluding carboxylic acids is 1. The molecule has 0 aliphatic carbocycles. The summed E-state index contributed by atoms with van der Waals surface area (Å²) in [6.07, 6.45) is 3.57. The van der Waals surface area contributed by atoms with Crippen LogP contribution in [-0.4, -0.2) is 43.4 Å². The number of ether oxygens (including phenoxy) is 2. The first-order valence-electron chi connectivity index (χ1n) is 6.73. The van der Waals surface area contributed by atoms with Gasteiger partial charge >= 0.3 is 5.97 Å². The van der Waals surface area contributed by atoms with Gasteiger partial charge in [-0.2, -0.15) is 4.98 Å². The second kappa shape index (κ2) is 6.56. The summed E-state index contributed by atoms with van der Waals surface area (Å²) in [6.45, 7) is 6.50. The Labute approximate surface area is 112 Å². The lowest BCUT2D eigenvalue weighted by molar-refractivity contribution is 0.0452. The number of hydrogen-bond acceptors (Lipinski definition) is 6. The van der Waals surface area contributed by atoms with E-state index in [0.717, 1.165) is 32.5 Å². The van der Waals surface area contributed by atoms with E-state index in [0.29, 0.717) is 18.7 Å². The van der Waals surface area contributed by atoms with Crippen LogP contribution in [0, 0.1) is 0 Å². The van der Waals surface area contributed by atoms with Crippen molar-refractivity contribution in [2.75, 3.05) is 31.2 Å². The van der Waals surface area contributed by atoms with Gasteiger partial charge in [0, 0.05) is 19.7 Å². The summed E-state index contributed by atoms with van der Waals surface area (Å²) in [5.74, 6) is -0.443. The number of piperidine rings is 1. The molecule has 1 aliphatic heterocycles. The monoisotopic (exact) mass is 268 g/mol. The molecule has 0 aromatic carbocycles. The van der Waals surface area contributed by atoms with Crippen molar-refractivity contribution in [3.63, 3.8) is 0 Å². The zero-order chi connectivity index (χ0) is 13.7. The van der Waals surface area contributed by atoms with E-state index in [2.05, 4.69) is 4.98 Å². The maximum atomic E-state index is 11.5. The van der Waals surface area contributed by atoms with Crippen molar-refractivity contribution in [1.29, 1.82) is 0 Å². The normalized spacial score (nSPS) is 16.6. The molecule has 0 unspecified atom stereocenters. The molecule has 0 bridgehead atoms. The SMILES string of the molecule is CCOC(=O)c1coc(N2CCC(OCC)CC2)n1. The van der Waals surface area contributed by atoms with Gasteiger partial charge in [-0.3, -0.25) is 0 Å². The van der Waals surface area contributed by atoms with Gasteiger partial charge in [-0.15, -0.1) is 0 Å². The number of oxazole rings is 1. The first kappa shape index (κ1) is 13.9. The van der Waals surface area contributed by atoms with E-state index < -0.39 is 5.97 Å². The average Bonchev–Trinajstić information content (AvgIpc) is 2.90. The molecule has 0 radical (unpaired) electrons. The Hall–Kier alpha value is -1.56. The van der Waals surface area contributed by atoms with Crippen molar-refractivity contribution < 1.29 is 18.7 Å². The van der Waals surface area contributed by atoms with E-state index in [-0.39, 0.29) is 5.69 Å². The molecule has 2 rings (SSSR count). The van der Waals surface area contributed by atoms with Gasteiger partial charge in [0.1, 0.15) is 6.26 Å². The highest BCUT2D eigenvalue weighted by Gasteiger charge is 2.23. The third kappa shape index (κ3) is 3.47. The lowest BCUT2D eigenvalue weighted by Gasteiger charge is -2.30. The molecule has 1 saturated heterocycles. The Bertz CT molecular complexity index is 411. The summed E-state index contributed by atoms with van der Waals surface area (Å²) in [5, 5.41) is 0. The van der Waals surface area contributed by atoms with Gasteiger partial charge in [0.05, 0.1) is 12.7 Å². The summed E-state index contributed by atoms with van der Waals surface area (Å²) in [4.78, 5) is 17.7. The smallest absolute Gasteiger partial charge is 0.360 e. The lowest BCUT2D eigenvalue weighted by atomic mass is 10.1. The molecular weight excluding hydrogens is 248 g/mol.